The van der Waals surface area contributed by atoms with Crippen molar-refractivity contribution in [1.82, 2.24) is 4.72 Å². The summed E-state index contributed by atoms with van der Waals surface area (Å²) in [4.78, 5) is 0.0890. The third kappa shape index (κ3) is 5.03. The van der Waals surface area contributed by atoms with Crippen molar-refractivity contribution in [3.63, 3.8) is 0 Å². The van der Waals surface area contributed by atoms with E-state index in [-0.39, 0.29) is 17.5 Å². The third-order valence-electron chi connectivity index (χ3n) is 2.36. The fourth-order valence-corrected chi connectivity index (χ4v) is 2.69. The summed E-state index contributed by atoms with van der Waals surface area (Å²) in [7, 11) is -3.57. The zero-order chi connectivity index (χ0) is 15.3. The predicted molar refractivity (Wildman–Crippen MR) is 72.4 cm³/mol. The molecule has 0 bridgehead atoms. The lowest BCUT2D eigenvalue weighted by Gasteiger charge is -2.13. The van der Waals surface area contributed by atoms with E-state index in [2.05, 4.69) is 10.0 Å². The van der Waals surface area contributed by atoms with Gasteiger partial charge in [-0.25, -0.2) is 21.9 Å². The highest BCUT2D eigenvalue weighted by atomic mass is 32.2. The Morgan fingerprint density at radius 2 is 1.75 bits per heavy atom. The Labute approximate surface area is 117 Å². The van der Waals surface area contributed by atoms with Gasteiger partial charge in [0.1, 0.15) is 6.10 Å². The Kier molecular flexibility index (Phi) is 5.85. The largest absolute Gasteiger partial charge is 0.385 e. The Hall–Kier alpha value is -1.25. The molecule has 0 aliphatic carbocycles. The molecule has 0 spiro atoms. The zero-order valence-corrected chi connectivity index (χ0v) is 12.0. The van der Waals surface area contributed by atoms with Crippen molar-refractivity contribution in [3.05, 3.63) is 24.3 Å². The maximum Gasteiger partial charge on any atom is 0.265 e. The maximum atomic E-state index is 12.1. The SMILES string of the molecule is CC(C)NS(=O)(=O)c1ccc(NCC(O)C(F)F)cc1. The molecule has 1 rings (SSSR count). The molecule has 1 aromatic carbocycles. The maximum absolute atomic E-state index is 12.1. The van der Waals surface area contributed by atoms with Crippen LogP contribution in [0.1, 0.15) is 13.8 Å². The number of benzene rings is 1. The molecule has 0 aliphatic rings. The van der Waals surface area contributed by atoms with E-state index in [1.54, 1.807) is 13.8 Å². The van der Waals surface area contributed by atoms with Crippen LogP contribution in [0.2, 0.25) is 0 Å². The van der Waals surface area contributed by atoms with Crippen LogP contribution in [0.25, 0.3) is 0 Å². The highest BCUT2D eigenvalue weighted by Gasteiger charge is 2.17. The van der Waals surface area contributed by atoms with E-state index >= 15 is 0 Å². The Balaban J connectivity index is 2.70. The van der Waals surface area contributed by atoms with Gasteiger partial charge in [-0.05, 0) is 38.1 Å². The van der Waals surface area contributed by atoms with E-state index in [0.29, 0.717) is 5.69 Å². The highest BCUT2D eigenvalue weighted by Crippen LogP contribution is 2.14. The molecular weight excluding hydrogens is 290 g/mol. The second-order valence-electron chi connectivity index (χ2n) is 4.58. The highest BCUT2D eigenvalue weighted by molar-refractivity contribution is 7.89. The van der Waals surface area contributed by atoms with Gasteiger partial charge in [-0.15, -0.1) is 0 Å². The summed E-state index contributed by atoms with van der Waals surface area (Å²) < 4.78 is 50.3. The molecule has 1 atom stereocenters. The molecule has 0 radical (unpaired) electrons. The van der Waals surface area contributed by atoms with Crippen LogP contribution in [0, 0.1) is 0 Å². The van der Waals surface area contributed by atoms with Crippen molar-refractivity contribution >= 4 is 15.7 Å². The van der Waals surface area contributed by atoms with Crippen molar-refractivity contribution in [2.75, 3.05) is 11.9 Å². The molecule has 114 valence electrons. The normalized spacial score (nSPS) is 13.8. The molecule has 0 saturated carbocycles. The van der Waals surface area contributed by atoms with Crippen molar-refractivity contribution in [2.45, 2.75) is 37.3 Å². The van der Waals surface area contributed by atoms with Crippen LogP contribution in [-0.4, -0.2) is 38.6 Å². The number of aliphatic hydroxyl groups is 1. The lowest BCUT2D eigenvalue weighted by atomic mass is 10.3. The smallest absolute Gasteiger partial charge is 0.265 e. The van der Waals surface area contributed by atoms with Crippen LogP contribution >= 0.6 is 0 Å². The third-order valence-corrected chi connectivity index (χ3v) is 4.04. The topological polar surface area (TPSA) is 78.4 Å². The zero-order valence-electron chi connectivity index (χ0n) is 11.2. The van der Waals surface area contributed by atoms with E-state index in [0.717, 1.165) is 0 Å². The fourth-order valence-electron chi connectivity index (χ4n) is 1.44. The van der Waals surface area contributed by atoms with Gasteiger partial charge in [-0.3, -0.25) is 0 Å². The molecule has 1 aromatic rings. The molecule has 0 aliphatic heterocycles. The van der Waals surface area contributed by atoms with Gasteiger partial charge < -0.3 is 10.4 Å². The van der Waals surface area contributed by atoms with Crippen LogP contribution in [0.5, 0.6) is 0 Å². The number of nitrogens with one attached hydrogen (secondary N) is 2. The van der Waals surface area contributed by atoms with Gasteiger partial charge >= 0.3 is 0 Å². The number of sulfonamides is 1. The standard InChI is InChI=1S/C12H18F2N2O3S/c1-8(2)16-20(18,19)10-5-3-9(4-6-10)15-7-11(17)12(13)14/h3-6,8,11-12,15-17H,7H2,1-2H3. The number of hydrogen-bond donors (Lipinski definition) is 3. The summed E-state index contributed by atoms with van der Waals surface area (Å²) in [6.07, 6.45) is -4.58. The number of alkyl halides is 2. The Bertz CT molecular complexity index is 518. The van der Waals surface area contributed by atoms with Crippen molar-refractivity contribution in [1.29, 1.82) is 0 Å². The number of anilines is 1. The number of halogens is 2. The fraction of sp³-hybridized carbons (Fsp3) is 0.500. The molecule has 5 nitrogen and oxygen atoms in total. The van der Waals surface area contributed by atoms with Crippen molar-refractivity contribution in [2.24, 2.45) is 0 Å². The molecule has 3 N–H and O–H groups in total. The van der Waals surface area contributed by atoms with Gasteiger partial charge in [0.2, 0.25) is 10.0 Å². The van der Waals surface area contributed by atoms with Crippen LogP contribution < -0.4 is 10.0 Å². The van der Waals surface area contributed by atoms with Crippen molar-refractivity contribution < 1.29 is 22.3 Å². The molecule has 0 fully saturated rings. The van der Waals surface area contributed by atoms with Gasteiger partial charge in [0.25, 0.3) is 6.43 Å². The lowest BCUT2D eigenvalue weighted by Crippen LogP contribution is -2.30. The predicted octanol–water partition coefficient (Wildman–Crippen LogP) is 1.41. The first kappa shape index (κ1) is 16.8. The van der Waals surface area contributed by atoms with Gasteiger partial charge in [-0.1, -0.05) is 0 Å². The van der Waals surface area contributed by atoms with Crippen molar-refractivity contribution in [3.8, 4) is 0 Å². The van der Waals surface area contributed by atoms with Gasteiger partial charge in [0, 0.05) is 18.3 Å². The molecule has 8 heteroatoms. The minimum Gasteiger partial charge on any atom is -0.385 e. The summed E-state index contributed by atoms with van der Waals surface area (Å²) in [5, 5.41) is 11.6. The summed E-state index contributed by atoms with van der Waals surface area (Å²) in [6.45, 7) is 3.10. The molecule has 0 saturated heterocycles. The second kappa shape index (κ2) is 6.96. The van der Waals surface area contributed by atoms with Gasteiger partial charge in [0.15, 0.2) is 0 Å². The molecule has 0 aromatic heterocycles. The molecule has 0 amide bonds. The minimum atomic E-state index is -3.57. The summed E-state index contributed by atoms with van der Waals surface area (Å²) in [5.41, 5.74) is 0.452. The van der Waals surface area contributed by atoms with Crippen LogP contribution in [0.4, 0.5) is 14.5 Å². The van der Waals surface area contributed by atoms with Gasteiger partial charge in [-0.2, -0.15) is 0 Å². The molecular formula is C12H18F2N2O3S. The summed E-state index contributed by atoms with van der Waals surface area (Å²) in [6, 6.07) is 5.41. The minimum absolute atomic E-state index is 0.0890. The second-order valence-corrected chi connectivity index (χ2v) is 6.30. The number of hydrogen-bond acceptors (Lipinski definition) is 4. The van der Waals surface area contributed by atoms with Crippen LogP contribution in [0.15, 0.2) is 29.2 Å². The quantitative estimate of drug-likeness (QED) is 0.712. The van der Waals surface area contributed by atoms with Crippen LogP contribution in [-0.2, 0) is 10.0 Å². The Morgan fingerprint density at radius 3 is 2.20 bits per heavy atom. The van der Waals surface area contributed by atoms with E-state index in [9.17, 15) is 17.2 Å². The van der Waals surface area contributed by atoms with E-state index in [1.807, 2.05) is 0 Å². The van der Waals surface area contributed by atoms with E-state index in [4.69, 9.17) is 5.11 Å². The average Bonchev–Trinajstić information content (AvgIpc) is 2.34. The first-order valence-corrected chi connectivity index (χ1v) is 7.53. The molecule has 1 unspecified atom stereocenters. The molecule has 0 heterocycles. The molecule has 20 heavy (non-hydrogen) atoms. The van der Waals surface area contributed by atoms with E-state index in [1.165, 1.54) is 24.3 Å². The first-order valence-electron chi connectivity index (χ1n) is 6.05. The summed E-state index contributed by atoms with van der Waals surface area (Å²) >= 11 is 0. The van der Waals surface area contributed by atoms with E-state index < -0.39 is 22.6 Å². The Morgan fingerprint density at radius 1 is 1.20 bits per heavy atom. The monoisotopic (exact) mass is 308 g/mol. The van der Waals surface area contributed by atoms with Crippen LogP contribution in [0.3, 0.4) is 0 Å². The first-order chi connectivity index (χ1) is 9.22. The summed E-state index contributed by atoms with van der Waals surface area (Å²) in [5.74, 6) is 0. The number of aliphatic hydroxyl groups excluding tert-OH is 1. The lowest BCUT2D eigenvalue weighted by molar-refractivity contribution is 0.00384. The van der Waals surface area contributed by atoms with Gasteiger partial charge in [0.05, 0.1) is 4.90 Å². The number of rotatable bonds is 7. The average molecular weight is 308 g/mol.